The minimum Gasteiger partial charge on any atom is -0.465 e. The first-order valence-electron chi connectivity index (χ1n) is 4.79. The van der Waals surface area contributed by atoms with Crippen LogP contribution in [0.15, 0.2) is 18.2 Å². The van der Waals surface area contributed by atoms with Crippen molar-refractivity contribution in [3.05, 3.63) is 28.8 Å². The van der Waals surface area contributed by atoms with E-state index in [-0.39, 0.29) is 0 Å². The number of methoxy groups -OCH3 is 2. The average molecular weight is 244 g/mol. The Morgan fingerprint density at radius 1 is 1.44 bits per heavy atom. The number of halogens is 1. The summed E-state index contributed by atoms with van der Waals surface area (Å²) in [7, 11) is 2.95. The second-order valence-electron chi connectivity index (χ2n) is 3.11. The Morgan fingerprint density at radius 2 is 2.19 bits per heavy atom. The van der Waals surface area contributed by atoms with Gasteiger partial charge < -0.3 is 14.8 Å². The van der Waals surface area contributed by atoms with Gasteiger partial charge in [0.05, 0.1) is 24.3 Å². The van der Waals surface area contributed by atoms with Crippen LogP contribution in [0.25, 0.3) is 0 Å². The molecule has 1 aromatic carbocycles. The number of anilines is 1. The largest absolute Gasteiger partial charge is 0.465 e. The lowest BCUT2D eigenvalue weighted by Gasteiger charge is -2.08. The SMILES string of the molecule is COCCNc1ccc(Cl)c(C(=O)OC)c1. The third-order valence-electron chi connectivity index (χ3n) is 2.01. The molecular formula is C11H14ClNO3. The molecule has 0 amide bonds. The normalized spacial score (nSPS) is 9.94. The van der Waals surface area contributed by atoms with Crippen LogP contribution >= 0.6 is 11.6 Å². The predicted octanol–water partition coefficient (Wildman–Crippen LogP) is 2.18. The van der Waals surface area contributed by atoms with Gasteiger partial charge in [0.15, 0.2) is 0 Å². The molecule has 1 aromatic rings. The first-order valence-corrected chi connectivity index (χ1v) is 5.17. The van der Waals surface area contributed by atoms with E-state index in [4.69, 9.17) is 16.3 Å². The molecule has 0 saturated carbocycles. The van der Waals surface area contributed by atoms with Crippen molar-refractivity contribution in [1.29, 1.82) is 0 Å². The van der Waals surface area contributed by atoms with Crippen molar-refractivity contribution < 1.29 is 14.3 Å². The lowest BCUT2D eigenvalue weighted by Crippen LogP contribution is -2.09. The summed E-state index contributed by atoms with van der Waals surface area (Å²) in [5.74, 6) is -0.444. The third kappa shape index (κ3) is 3.40. The monoisotopic (exact) mass is 243 g/mol. The molecule has 0 radical (unpaired) electrons. The van der Waals surface area contributed by atoms with Gasteiger partial charge in [0.1, 0.15) is 0 Å². The summed E-state index contributed by atoms with van der Waals surface area (Å²) in [4.78, 5) is 11.4. The number of hydrogen-bond donors (Lipinski definition) is 1. The van der Waals surface area contributed by atoms with Crippen molar-refractivity contribution in [2.24, 2.45) is 0 Å². The minimum absolute atomic E-state index is 0.353. The zero-order chi connectivity index (χ0) is 12.0. The van der Waals surface area contributed by atoms with Crippen molar-refractivity contribution in [2.75, 3.05) is 32.7 Å². The fourth-order valence-electron chi connectivity index (χ4n) is 1.20. The van der Waals surface area contributed by atoms with Crippen LogP contribution in [-0.4, -0.2) is 33.3 Å². The molecule has 1 N–H and O–H groups in total. The number of carbonyl (C=O) groups is 1. The van der Waals surface area contributed by atoms with E-state index in [1.807, 2.05) is 0 Å². The van der Waals surface area contributed by atoms with E-state index < -0.39 is 5.97 Å². The number of esters is 1. The smallest absolute Gasteiger partial charge is 0.339 e. The number of carbonyl (C=O) groups excluding carboxylic acids is 1. The Morgan fingerprint density at radius 3 is 2.81 bits per heavy atom. The van der Waals surface area contributed by atoms with Crippen molar-refractivity contribution in [1.82, 2.24) is 0 Å². The van der Waals surface area contributed by atoms with Gasteiger partial charge in [0.2, 0.25) is 0 Å². The quantitative estimate of drug-likeness (QED) is 0.636. The lowest BCUT2D eigenvalue weighted by molar-refractivity contribution is 0.0601. The first kappa shape index (κ1) is 12.8. The van der Waals surface area contributed by atoms with Crippen LogP contribution in [0, 0.1) is 0 Å². The molecule has 0 aliphatic rings. The van der Waals surface area contributed by atoms with Crippen LogP contribution in [0.3, 0.4) is 0 Å². The number of ether oxygens (including phenoxy) is 2. The molecule has 5 heteroatoms. The average Bonchev–Trinajstić information content (AvgIpc) is 2.30. The van der Waals surface area contributed by atoms with E-state index in [0.717, 1.165) is 5.69 Å². The first-order chi connectivity index (χ1) is 7.69. The Kier molecular flexibility index (Phi) is 5.08. The lowest BCUT2D eigenvalue weighted by atomic mass is 10.2. The molecule has 0 heterocycles. The zero-order valence-electron chi connectivity index (χ0n) is 9.25. The van der Waals surface area contributed by atoms with E-state index in [0.29, 0.717) is 23.7 Å². The molecule has 4 nitrogen and oxygen atoms in total. The Bertz CT molecular complexity index is 368. The molecule has 1 rings (SSSR count). The van der Waals surface area contributed by atoms with Gasteiger partial charge in [-0.05, 0) is 18.2 Å². The standard InChI is InChI=1S/C11H14ClNO3/c1-15-6-5-13-8-3-4-10(12)9(7-8)11(14)16-2/h3-4,7,13H,5-6H2,1-2H3. The predicted molar refractivity (Wildman–Crippen MR) is 63.2 cm³/mol. The number of nitrogens with one attached hydrogen (secondary N) is 1. The topological polar surface area (TPSA) is 47.6 Å². The summed E-state index contributed by atoms with van der Waals surface area (Å²) in [6.45, 7) is 1.26. The summed E-state index contributed by atoms with van der Waals surface area (Å²) >= 11 is 5.88. The summed E-state index contributed by atoms with van der Waals surface area (Å²) in [5.41, 5.74) is 1.16. The van der Waals surface area contributed by atoms with Crippen LogP contribution in [0.1, 0.15) is 10.4 Å². The van der Waals surface area contributed by atoms with E-state index in [1.165, 1.54) is 7.11 Å². The molecule has 0 atom stereocenters. The van der Waals surface area contributed by atoms with E-state index in [2.05, 4.69) is 10.1 Å². The van der Waals surface area contributed by atoms with Gasteiger partial charge >= 0.3 is 5.97 Å². The fourth-order valence-corrected chi connectivity index (χ4v) is 1.39. The van der Waals surface area contributed by atoms with Crippen LogP contribution in [0.2, 0.25) is 5.02 Å². The number of benzene rings is 1. The van der Waals surface area contributed by atoms with Crippen molar-refractivity contribution in [3.8, 4) is 0 Å². The Hall–Kier alpha value is -1.26. The van der Waals surface area contributed by atoms with Crippen molar-refractivity contribution >= 4 is 23.3 Å². The molecular weight excluding hydrogens is 230 g/mol. The van der Waals surface area contributed by atoms with E-state index >= 15 is 0 Å². The van der Waals surface area contributed by atoms with Crippen LogP contribution in [0.4, 0.5) is 5.69 Å². The van der Waals surface area contributed by atoms with Gasteiger partial charge in [0.25, 0.3) is 0 Å². The second kappa shape index (κ2) is 6.35. The minimum atomic E-state index is -0.444. The molecule has 0 aliphatic heterocycles. The zero-order valence-corrected chi connectivity index (χ0v) is 10.0. The Balaban J connectivity index is 2.77. The summed E-state index contributed by atoms with van der Waals surface area (Å²) < 4.78 is 9.53. The van der Waals surface area contributed by atoms with Crippen LogP contribution in [0.5, 0.6) is 0 Å². The highest BCUT2D eigenvalue weighted by atomic mass is 35.5. The highest BCUT2D eigenvalue weighted by Gasteiger charge is 2.10. The second-order valence-corrected chi connectivity index (χ2v) is 3.51. The van der Waals surface area contributed by atoms with Gasteiger partial charge in [-0.2, -0.15) is 0 Å². The maximum absolute atomic E-state index is 11.4. The van der Waals surface area contributed by atoms with Gasteiger partial charge in [0, 0.05) is 19.3 Å². The molecule has 0 unspecified atom stereocenters. The van der Waals surface area contributed by atoms with Crippen LogP contribution in [-0.2, 0) is 9.47 Å². The van der Waals surface area contributed by atoms with Gasteiger partial charge in [-0.25, -0.2) is 4.79 Å². The molecule has 16 heavy (non-hydrogen) atoms. The molecule has 0 bridgehead atoms. The maximum Gasteiger partial charge on any atom is 0.339 e. The molecule has 0 saturated heterocycles. The summed E-state index contributed by atoms with van der Waals surface area (Å²) in [6, 6.07) is 5.11. The van der Waals surface area contributed by atoms with E-state index in [1.54, 1.807) is 25.3 Å². The fraction of sp³-hybridized carbons (Fsp3) is 0.364. The highest BCUT2D eigenvalue weighted by molar-refractivity contribution is 6.33. The summed E-state index contributed by atoms with van der Waals surface area (Å²) in [5, 5.41) is 3.48. The molecule has 0 fully saturated rings. The van der Waals surface area contributed by atoms with Gasteiger partial charge in [-0.1, -0.05) is 11.6 Å². The number of rotatable bonds is 5. The Labute approximate surface area is 99.5 Å². The van der Waals surface area contributed by atoms with Crippen LogP contribution < -0.4 is 5.32 Å². The molecule has 88 valence electrons. The summed E-state index contributed by atoms with van der Waals surface area (Å²) in [6.07, 6.45) is 0. The van der Waals surface area contributed by atoms with E-state index in [9.17, 15) is 4.79 Å². The third-order valence-corrected chi connectivity index (χ3v) is 2.34. The van der Waals surface area contributed by atoms with Gasteiger partial charge in [-0.15, -0.1) is 0 Å². The maximum atomic E-state index is 11.4. The van der Waals surface area contributed by atoms with Gasteiger partial charge in [-0.3, -0.25) is 0 Å². The molecule has 0 spiro atoms. The molecule has 0 aromatic heterocycles. The van der Waals surface area contributed by atoms with Crippen molar-refractivity contribution in [2.45, 2.75) is 0 Å². The number of hydrogen-bond acceptors (Lipinski definition) is 4. The van der Waals surface area contributed by atoms with Crippen molar-refractivity contribution in [3.63, 3.8) is 0 Å². The highest BCUT2D eigenvalue weighted by Crippen LogP contribution is 2.21. The molecule has 0 aliphatic carbocycles.